The summed E-state index contributed by atoms with van der Waals surface area (Å²) in [7, 11) is 0.586. The second-order valence-electron chi connectivity index (χ2n) is 24.7. The molecule has 19 nitrogen and oxygen atoms in total. The predicted molar refractivity (Wildman–Crippen MR) is 418 cm³/mol. The maximum Gasteiger partial charge on any atom is 2.00 e. The molecule has 11 atom stereocenters. The first-order chi connectivity index (χ1) is 48.2. The van der Waals surface area contributed by atoms with Crippen molar-refractivity contribution in [3.63, 3.8) is 0 Å². The second-order valence-corrected chi connectivity index (χ2v) is 33.3. The number of nitrogens with one attached hydrogen (secondary N) is 3. The largest absolute Gasteiger partial charge is 2.00 e. The van der Waals surface area contributed by atoms with Crippen LogP contribution in [0.2, 0.25) is 28.1 Å². The Morgan fingerprint density at radius 3 is 1.24 bits per heavy atom. The van der Waals surface area contributed by atoms with Crippen molar-refractivity contribution < 1.29 is 59.9 Å². The normalized spacial score (nSPS) is 19.8. The summed E-state index contributed by atoms with van der Waals surface area (Å²) in [6.07, 6.45) is 15.8. The molecule has 12 rings (SSSR count). The zero-order chi connectivity index (χ0) is 73.2. The number of hydrogen-bond donors (Lipinski definition) is 7. The molecule has 3 fully saturated rings. The Morgan fingerprint density at radius 1 is 0.587 bits per heavy atom. The number of aromatic nitrogens is 6. The molecule has 552 valence electrons. The van der Waals surface area contributed by atoms with E-state index in [1.54, 1.807) is 66.7 Å². The summed E-state index contributed by atoms with van der Waals surface area (Å²) in [5.74, 6) is 4.15. The monoisotopic (exact) mass is 1700 g/mol. The molecule has 0 spiro atoms. The molecular formula is C72H78BrCl7MgN10O9S4. The van der Waals surface area contributed by atoms with Crippen LogP contribution < -0.4 is 38.1 Å². The fourth-order valence-electron chi connectivity index (χ4n) is 12.6. The second kappa shape index (κ2) is 42.8. The molecule has 3 saturated carbocycles. The van der Waals surface area contributed by atoms with Crippen LogP contribution in [0.4, 0.5) is 17.5 Å². The van der Waals surface area contributed by atoms with Crippen molar-refractivity contribution in [2.24, 2.45) is 40.6 Å². The van der Waals surface area contributed by atoms with Crippen LogP contribution in [0.25, 0.3) is 0 Å². The fourth-order valence-corrected chi connectivity index (χ4v) is 16.8. The number of rotatable bonds is 20. The quantitative estimate of drug-likeness (QED) is 0.0123. The van der Waals surface area contributed by atoms with E-state index in [0.29, 0.717) is 142 Å². The van der Waals surface area contributed by atoms with Gasteiger partial charge in [-0.2, -0.15) is 50.4 Å². The molecule has 104 heavy (non-hydrogen) atoms. The van der Waals surface area contributed by atoms with Gasteiger partial charge in [-0.05, 0) is 128 Å². The number of carbonyl (C=O) groups is 4. The number of nitrogens with zero attached hydrogens (tertiary/aromatic N) is 6. The van der Waals surface area contributed by atoms with Crippen LogP contribution in [0.5, 0.6) is 0 Å². The number of aliphatic hydroxyl groups excluding tert-OH is 3. The average Bonchev–Trinajstić information content (AvgIpc) is 1.59. The van der Waals surface area contributed by atoms with Gasteiger partial charge in [-0.3, -0.25) is 19.2 Å². The molecule has 0 bridgehead atoms. The van der Waals surface area contributed by atoms with Crippen LogP contribution in [0.1, 0.15) is 184 Å². The Balaban J connectivity index is 0.000000257. The Kier molecular flexibility index (Phi) is 36.9. The van der Waals surface area contributed by atoms with Gasteiger partial charge in [0.05, 0.1) is 40.0 Å². The van der Waals surface area contributed by atoms with Crippen LogP contribution in [0.15, 0.2) is 129 Å². The van der Waals surface area contributed by atoms with Crippen molar-refractivity contribution in [1.29, 1.82) is 0 Å². The molecule has 0 aliphatic heterocycles. The minimum atomic E-state index is -3.69. The molecule has 8 N–H and O–H groups in total. The van der Waals surface area contributed by atoms with Crippen molar-refractivity contribution in [3.8, 4) is 0 Å². The van der Waals surface area contributed by atoms with Crippen LogP contribution in [0, 0.1) is 41.6 Å². The summed E-state index contributed by atoms with van der Waals surface area (Å²) in [5.41, 5.74) is 3.62. The fraction of sp³-hybridized carbons (Fsp3) is 0.361. The van der Waals surface area contributed by atoms with Gasteiger partial charge in [0, 0.05) is 80.7 Å². The number of halogens is 8. The molecule has 3 aromatic carbocycles. The van der Waals surface area contributed by atoms with Crippen LogP contribution in [-0.2, 0) is 9.24 Å². The van der Waals surface area contributed by atoms with Gasteiger partial charge in [0.2, 0.25) is 17.3 Å². The first-order valence-corrected chi connectivity index (χ1v) is 39.2. The van der Waals surface area contributed by atoms with E-state index in [-0.39, 0.29) is 89.4 Å². The zero-order valence-electron chi connectivity index (χ0n) is 56.3. The summed E-state index contributed by atoms with van der Waals surface area (Å²) in [6.45, 7) is 11.3. The third kappa shape index (κ3) is 25.4. The number of thiophene rings is 3. The molecule has 2 unspecified atom stereocenters. The number of benzene rings is 3. The molecule has 3 aliphatic rings. The molecule has 3 aliphatic carbocycles. The van der Waals surface area contributed by atoms with E-state index in [9.17, 15) is 42.9 Å². The summed E-state index contributed by atoms with van der Waals surface area (Å²) >= 11 is 39.7. The summed E-state index contributed by atoms with van der Waals surface area (Å²) in [6, 6.07) is 29.3. The van der Waals surface area contributed by atoms with Gasteiger partial charge in [-0.25, -0.2) is 35.0 Å². The number of carbonyl (C=O) groups excluding carboxylic acids is 4. The summed E-state index contributed by atoms with van der Waals surface area (Å²) in [4.78, 5) is 76.6. The van der Waals surface area contributed by atoms with Crippen LogP contribution >= 0.6 is 114 Å². The van der Waals surface area contributed by atoms with Gasteiger partial charge in [0.25, 0.3) is 9.24 Å². The number of anilines is 3. The molecule has 6 aromatic heterocycles. The topological polar surface area (TPSA) is 303 Å². The number of hydrogen-bond acceptors (Lipinski definition) is 21. The standard InChI is InChI=1S/C24H25Cl2N3O2S.C23H23Cl2N3O3S.C18H20ClN3O2S.C6H4Cl.CH4.BrH.ClH2NO2S.Mg/c1-3-14-9-17(7-13(14)2)29-24-19(11-27-12-28-24)22(31)20-10-18(23(26)32-20)21(30)15-5-4-6-16(25)8-15;1-12-5-16(7-14(12)10-29)28-23-18(9-26-11-27-23)21(31)19-8-17(22(25)32-19)20(30)13-3-2-4-15(24)6-13;1-3-11-5-13(4-10(11)2)22-18-14(7-20-9-21-18)16(24)15-6-12(8-23)17(19)25-15;7-6-4-2-1-3-5-6;;;1-5(2,3)4;/h4-6,8,10-14,17,21,30H,3,7,9H2,1-2H3,(H,27,28,29);2-4,6,8-9,11-12,14,16,20,29-30H,5,7,10H2,1H3,(H,26,27,28);6-11,13H,3-5H2,1-2H3,(H,20,21,22);1-2,4-5H;1H4;1H;(H2,2,3,4);/q;;;-1;;;;+2/p-1/t13-,14-,17-,21?;12-,14+,16-,20?;10-,11-,13-;;;;;/m000...../s1. The van der Waals surface area contributed by atoms with E-state index in [1.165, 1.54) is 43.6 Å². The predicted octanol–water partition coefficient (Wildman–Crippen LogP) is 14.7. The number of aliphatic hydroxyl groups is 3. The molecule has 9 aromatic rings. The van der Waals surface area contributed by atoms with E-state index in [1.807, 2.05) is 18.2 Å². The number of aldehydes is 1. The van der Waals surface area contributed by atoms with E-state index < -0.39 is 21.4 Å². The van der Waals surface area contributed by atoms with Crippen molar-refractivity contribution >= 4 is 188 Å². The first-order valence-electron chi connectivity index (χ1n) is 32.1. The van der Waals surface area contributed by atoms with Gasteiger partial charge in [-0.15, -0.1) is 34.0 Å². The van der Waals surface area contributed by atoms with Gasteiger partial charge in [-0.1, -0.05) is 142 Å². The van der Waals surface area contributed by atoms with Crippen molar-refractivity contribution in [1.82, 2.24) is 29.9 Å². The Bertz CT molecular complexity index is 4240. The van der Waals surface area contributed by atoms with Crippen molar-refractivity contribution in [2.75, 3.05) is 22.6 Å². The summed E-state index contributed by atoms with van der Waals surface area (Å²) < 4.78 is 19.4. The first kappa shape index (κ1) is 89.8. The molecule has 32 heteroatoms. The van der Waals surface area contributed by atoms with Crippen molar-refractivity contribution in [2.45, 2.75) is 124 Å². The maximum absolute atomic E-state index is 13.3. The van der Waals surface area contributed by atoms with Gasteiger partial charge in [0.15, 0.2) is 6.29 Å². The van der Waals surface area contributed by atoms with Crippen LogP contribution in [0.3, 0.4) is 0 Å². The van der Waals surface area contributed by atoms with E-state index in [4.69, 9.17) is 69.6 Å². The molecule has 0 saturated heterocycles. The zero-order valence-corrected chi connectivity index (χ0v) is 67.9. The molecule has 0 radical (unpaired) electrons. The maximum atomic E-state index is 13.3. The van der Waals surface area contributed by atoms with E-state index in [0.717, 1.165) is 90.4 Å². The van der Waals surface area contributed by atoms with Gasteiger partial charge in [0.1, 0.15) is 53.0 Å². The molecule has 6 heterocycles. The smallest absolute Gasteiger partial charge is 1.00 e. The van der Waals surface area contributed by atoms with E-state index in [2.05, 4.69) is 102 Å². The Hall–Kier alpha value is -4.85. The molecular weight excluding hydrogens is 1630 g/mol. The average molecular weight is 1710 g/mol. The summed E-state index contributed by atoms with van der Waals surface area (Å²) in [5, 5.41) is 47.2. The van der Waals surface area contributed by atoms with Crippen molar-refractivity contribution in [3.05, 3.63) is 222 Å². The number of ketones is 3. The third-order valence-corrected chi connectivity index (χ3v) is 22.7. The minimum absolute atomic E-state index is 0. The van der Waals surface area contributed by atoms with E-state index >= 15 is 0 Å². The number of nitrogens with two attached hydrogens (primary N) is 1. The Labute approximate surface area is 679 Å². The minimum Gasteiger partial charge on any atom is -1.00 e. The third-order valence-electron chi connectivity index (χ3n) is 17.8. The SMILES string of the molecule is C.CC[C@H]1C[C@@H](Nc2ncncc2C(=O)c2cc(C(O)c3cccc(Cl)c3)c(Cl)s2)C[C@@H]1C.CC[C@H]1C[C@@H](Nc2ncncc2C(=O)c2cc(C=O)c(Cl)s2)C[C@@H]1C.C[C@H]1C[C@H](Nc2ncncc2C(=O)c2cc(C(O)c3cccc(Cl)c3)c(Cl)s2)C[C@@H]1CO.Clc1c[c-]ccc1.NS(=O)(=O)Cl.[Br-].[Mg+2]. The van der Waals surface area contributed by atoms with Gasteiger partial charge < -0.3 is 48.3 Å². The van der Waals surface area contributed by atoms with Crippen LogP contribution in [-0.4, -0.2) is 125 Å². The Morgan fingerprint density at radius 2 is 0.942 bits per heavy atom. The van der Waals surface area contributed by atoms with Gasteiger partial charge >= 0.3 is 23.1 Å². The molecule has 0 amide bonds.